The van der Waals surface area contributed by atoms with E-state index in [0.717, 1.165) is 6.42 Å². The molecule has 6 nitrogen and oxygen atoms in total. The lowest BCUT2D eigenvalue weighted by atomic mass is 9.89. The Kier molecular flexibility index (Phi) is 3.88. The van der Waals surface area contributed by atoms with Crippen molar-refractivity contribution in [2.24, 2.45) is 5.92 Å². The largest absolute Gasteiger partial charge is 0.376 e. The molecule has 3 rings (SSSR count). The molecule has 0 bridgehead atoms. The summed E-state index contributed by atoms with van der Waals surface area (Å²) < 4.78 is 5.68. The highest BCUT2D eigenvalue weighted by molar-refractivity contribution is 5.93. The number of ether oxygens (including phenoxy) is 1. The van der Waals surface area contributed by atoms with Gasteiger partial charge in [-0.25, -0.2) is 0 Å². The average Bonchev–Trinajstić information content (AvgIpc) is 2.95. The van der Waals surface area contributed by atoms with Crippen molar-refractivity contribution in [3.8, 4) is 0 Å². The predicted molar refractivity (Wildman–Crippen MR) is 76.5 cm³/mol. The van der Waals surface area contributed by atoms with Gasteiger partial charge < -0.3 is 15.0 Å². The maximum Gasteiger partial charge on any atom is 0.229 e. The van der Waals surface area contributed by atoms with Crippen LogP contribution < -0.4 is 5.32 Å². The number of fused-ring (bicyclic) bond motifs is 1. The van der Waals surface area contributed by atoms with E-state index in [-0.39, 0.29) is 29.9 Å². The van der Waals surface area contributed by atoms with E-state index in [0.29, 0.717) is 25.3 Å². The smallest absolute Gasteiger partial charge is 0.229 e. The third kappa shape index (κ3) is 2.90. The number of pyridine rings is 1. The Morgan fingerprint density at radius 3 is 3.05 bits per heavy atom. The zero-order chi connectivity index (χ0) is 14.8. The fraction of sp³-hybridized carbons (Fsp3) is 0.533. The lowest BCUT2D eigenvalue weighted by molar-refractivity contribution is -0.138. The zero-order valence-corrected chi connectivity index (χ0v) is 12.0. The lowest BCUT2D eigenvalue weighted by Gasteiger charge is -2.39. The normalized spacial score (nSPS) is 28.0. The second-order valence-electron chi connectivity index (χ2n) is 5.60. The van der Waals surface area contributed by atoms with E-state index < -0.39 is 0 Å². The maximum atomic E-state index is 12.4. The number of hydrogen-bond acceptors (Lipinski definition) is 4. The van der Waals surface area contributed by atoms with Crippen molar-refractivity contribution >= 4 is 17.5 Å². The van der Waals surface area contributed by atoms with E-state index in [9.17, 15) is 9.59 Å². The number of hydrogen-bond donors (Lipinski definition) is 1. The molecular formula is C15H19N3O3. The topological polar surface area (TPSA) is 71.5 Å². The molecule has 6 heteroatoms. The Labute approximate surface area is 123 Å². The van der Waals surface area contributed by atoms with Crippen LogP contribution in [0.4, 0.5) is 5.69 Å². The maximum absolute atomic E-state index is 12.4. The van der Waals surface area contributed by atoms with Crippen LogP contribution in [0.15, 0.2) is 24.5 Å². The van der Waals surface area contributed by atoms with Crippen LogP contribution in [0.1, 0.15) is 19.8 Å². The Morgan fingerprint density at radius 1 is 1.48 bits per heavy atom. The number of piperidine rings is 1. The first kappa shape index (κ1) is 14.0. The van der Waals surface area contributed by atoms with Crippen molar-refractivity contribution in [1.82, 2.24) is 9.88 Å². The van der Waals surface area contributed by atoms with Gasteiger partial charge in [-0.2, -0.15) is 0 Å². The highest BCUT2D eigenvalue weighted by Gasteiger charge is 2.43. The molecule has 2 fully saturated rings. The molecule has 112 valence electrons. The van der Waals surface area contributed by atoms with Gasteiger partial charge in [0.2, 0.25) is 11.8 Å². The number of carbonyl (C=O) groups is 2. The predicted octanol–water partition coefficient (Wildman–Crippen LogP) is 1.05. The molecule has 3 atom stereocenters. The monoisotopic (exact) mass is 289 g/mol. The second-order valence-corrected chi connectivity index (χ2v) is 5.60. The summed E-state index contributed by atoms with van der Waals surface area (Å²) in [6, 6.07) is 3.70. The van der Waals surface area contributed by atoms with Crippen molar-refractivity contribution in [2.75, 3.05) is 18.5 Å². The summed E-state index contributed by atoms with van der Waals surface area (Å²) in [6.45, 7) is 2.68. The minimum absolute atomic E-state index is 0.00868. The van der Waals surface area contributed by atoms with E-state index in [4.69, 9.17) is 4.74 Å². The molecule has 0 unspecified atom stereocenters. The summed E-state index contributed by atoms with van der Waals surface area (Å²) in [5.74, 6) is -0.314. The Hall–Kier alpha value is -1.95. The second kappa shape index (κ2) is 5.81. The highest BCUT2D eigenvalue weighted by atomic mass is 16.5. The van der Waals surface area contributed by atoms with Crippen LogP contribution in [-0.2, 0) is 14.3 Å². The van der Waals surface area contributed by atoms with Crippen molar-refractivity contribution in [2.45, 2.75) is 31.9 Å². The van der Waals surface area contributed by atoms with Crippen LogP contribution in [0.2, 0.25) is 0 Å². The van der Waals surface area contributed by atoms with Gasteiger partial charge in [0.25, 0.3) is 0 Å². The van der Waals surface area contributed by atoms with Crippen molar-refractivity contribution in [3.63, 3.8) is 0 Å². The quantitative estimate of drug-likeness (QED) is 0.883. The standard InChI is InChI=1S/C15H19N3O3/c1-10(19)18-9-11(7-14-13(18)4-6-21-14)15(20)17-12-3-2-5-16-8-12/h2-3,5,8,11,13-14H,4,6-7,9H2,1H3,(H,17,20)/t11-,13+,14+/m0/s1. The molecule has 1 N–H and O–H groups in total. The van der Waals surface area contributed by atoms with Crippen molar-refractivity contribution < 1.29 is 14.3 Å². The first-order chi connectivity index (χ1) is 10.1. The van der Waals surface area contributed by atoms with Crippen LogP contribution >= 0.6 is 0 Å². The van der Waals surface area contributed by atoms with Gasteiger partial charge in [-0.3, -0.25) is 14.6 Å². The van der Waals surface area contributed by atoms with Crippen LogP contribution in [0.5, 0.6) is 0 Å². The molecule has 2 aliphatic rings. The first-order valence-electron chi connectivity index (χ1n) is 7.25. The van der Waals surface area contributed by atoms with Gasteiger partial charge in [0.05, 0.1) is 29.9 Å². The van der Waals surface area contributed by atoms with Gasteiger partial charge in [0, 0.05) is 26.3 Å². The van der Waals surface area contributed by atoms with E-state index in [1.807, 2.05) is 0 Å². The molecule has 0 spiro atoms. The number of aromatic nitrogens is 1. The molecule has 2 saturated heterocycles. The number of likely N-dealkylation sites (tertiary alicyclic amines) is 1. The summed E-state index contributed by atoms with van der Waals surface area (Å²) in [6.07, 6.45) is 4.78. The van der Waals surface area contributed by atoms with Gasteiger partial charge in [-0.05, 0) is 25.0 Å². The Balaban J connectivity index is 1.70. The van der Waals surface area contributed by atoms with Crippen LogP contribution in [0.25, 0.3) is 0 Å². The van der Waals surface area contributed by atoms with Crippen molar-refractivity contribution in [1.29, 1.82) is 0 Å². The van der Waals surface area contributed by atoms with E-state index in [1.54, 1.807) is 36.4 Å². The number of amides is 2. The summed E-state index contributed by atoms with van der Waals surface area (Å²) in [5, 5.41) is 2.86. The van der Waals surface area contributed by atoms with Gasteiger partial charge in [-0.15, -0.1) is 0 Å². The number of rotatable bonds is 2. The van der Waals surface area contributed by atoms with Crippen molar-refractivity contribution in [3.05, 3.63) is 24.5 Å². The Bertz CT molecular complexity index is 534. The number of nitrogens with zero attached hydrogens (tertiary/aromatic N) is 2. The molecule has 21 heavy (non-hydrogen) atoms. The molecule has 0 radical (unpaired) electrons. The fourth-order valence-corrected chi connectivity index (χ4v) is 3.18. The third-order valence-electron chi connectivity index (χ3n) is 4.21. The number of carbonyl (C=O) groups excluding carboxylic acids is 2. The summed E-state index contributed by atoms with van der Waals surface area (Å²) >= 11 is 0. The summed E-state index contributed by atoms with van der Waals surface area (Å²) in [5.41, 5.74) is 0.673. The molecule has 0 aromatic carbocycles. The third-order valence-corrected chi connectivity index (χ3v) is 4.21. The average molecular weight is 289 g/mol. The summed E-state index contributed by atoms with van der Waals surface area (Å²) in [7, 11) is 0. The number of anilines is 1. The van der Waals surface area contributed by atoms with Gasteiger partial charge >= 0.3 is 0 Å². The van der Waals surface area contributed by atoms with Crippen LogP contribution in [-0.4, -0.2) is 47.0 Å². The van der Waals surface area contributed by atoms with Gasteiger partial charge in [0.1, 0.15) is 0 Å². The van der Waals surface area contributed by atoms with Gasteiger partial charge in [0.15, 0.2) is 0 Å². The molecule has 2 aliphatic heterocycles. The molecule has 2 amide bonds. The van der Waals surface area contributed by atoms with E-state index >= 15 is 0 Å². The fourth-order valence-electron chi connectivity index (χ4n) is 3.18. The first-order valence-corrected chi connectivity index (χ1v) is 7.25. The molecule has 0 aliphatic carbocycles. The van der Waals surface area contributed by atoms with Crippen LogP contribution in [0, 0.1) is 5.92 Å². The van der Waals surface area contributed by atoms with Crippen LogP contribution in [0.3, 0.4) is 0 Å². The molecule has 3 heterocycles. The lowest BCUT2D eigenvalue weighted by Crippen LogP contribution is -2.53. The Morgan fingerprint density at radius 2 is 2.33 bits per heavy atom. The zero-order valence-electron chi connectivity index (χ0n) is 12.0. The molecular weight excluding hydrogens is 270 g/mol. The van der Waals surface area contributed by atoms with Gasteiger partial charge in [-0.1, -0.05) is 0 Å². The molecule has 0 saturated carbocycles. The minimum Gasteiger partial charge on any atom is -0.376 e. The summed E-state index contributed by atoms with van der Waals surface area (Å²) in [4.78, 5) is 30.0. The highest BCUT2D eigenvalue weighted by Crippen LogP contribution is 2.31. The SMILES string of the molecule is CC(=O)N1C[C@@H](C(=O)Nc2cccnc2)C[C@H]2OCC[C@H]21. The number of nitrogens with one attached hydrogen (secondary N) is 1. The van der Waals surface area contributed by atoms with E-state index in [2.05, 4.69) is 10.3 Å². The molecule has 1 aromatic rings. The molecule has 1 aromatic heterocycles. The minimum atomic E-state index is -0.242. The van der Waals surface area contributed by atoms with E-state index in [1.165, 1.54) is 0 Å².